The second-order valence-electron chi connectivity index (χ2n) is 6.62. The minimum atomic E-state index is 0.0161. The van der Waals surface area contributed by atoms with Crippen molar-refractivity contribution in [1.29, 1.82) is 0 Å². The number of hydrogen-bond donors (Lipinski definition) is 2. The molecule has 6 heteroatoms. The van der Waals surface area contributed by atoms with Crippen molar-refractivity contribution in [2.45, 2.75) is 45.4 Å². The molecular formula is C20H24ClN3O2. The van der Waals surface area contributed by atoms with E-state index in [1.54, 1.807) is 18.3 Å². The highest BCUT2D eigenvalue weighted by molar-refractivity contribution is 6.31. The third-order valence-electron chi connectivity index (χ3n) is 4.74. The minimum Gasteiger partial charge on any atom is -0.453 e. The summed E-state index contributed by atoms with van der Waals surface area (Å²) < 4.78 is 5.96. The Hall–Kier alpha value is -2.27. The van der Waals surface area contributed by atoms with Gasteiger partial charge in [-0.2, -0.15) is 0 Å². The second-order valence-corrected chi connectivity index (χ2v) is 7.03. The highest BCUT2D eigenvalue weighted by Gasteiger charge is 2.20. The van der Waals surface area contributed by atoms with Gasteiger partial charge >= 0.3 is 0 Å². The van der Waals surface area contributed by atoms with E-state index < -0.39 is 0 Å². The first-order valence-electron chi connectivity index (χ1n) is 9.09. The predicted octanol–water partition coefficient (Wildman–Crippen LogP) is 5.25. The Morgan fingerprint density at radius 2 is 1.85 bits per heavy atom. The number of hydrazine groups is 1. The van der Waals surface area contributed by atoms with Crippen LogP contribution in [0.1, 0.15) is 44.1 Å². The molecule has 1 saturated carbocycles. The van der Waals surface area contributed by atoms with Gasteiger partial charge in [0, 0.05) is 22.7 Å². The van der Waals surface area contributed by atoms with Crippen LogP contribution in [0.15, 0.2) is 36.5 Å². The van der Waals surface area contributed by atoms with Crippen LogP contribution in [0, 0.1) is 12.8 Å². The van der Waals surface area contributed by atoms with Gasteiger partial charge in [-0.25, -0.2) is 4.98 Å². The Bertz CT molecular complexity index is 758. The van der Waals surface area contributed by atoms with Crippen molar-refractivity contribution >= 4 is 23.3 Å². The lowest BCUT2D eigenvalue weighted by Crippen LogP contribution is -2.35. The number of carbonyl (C=O) groups excluding carboxylic acids is 1. The van der Waals surface area contributed by atoms with Crippen molar-refractivity contribution in [2.24, 2.45) is 5.92 Å². The predicted molar refractivity (Wildman–Crippen MR) is 103 cm³/mol. The van der Waals surface area contributed by atoms with Gasteiger partial charge in [0.15, 0.2) is 11.6 Å². The lowest BCUT2D eigenvalue weighted by Gasteiger charge is -2.17. The molecule has 26 heavy (non-hydrogen) atoms. The van der Waals surface area contributed by atoms with Crippen molar-refractivity contribution in [3.8, 4) is 11.5 Å². The van der Waals surface area contributed by atoms with Gasteiger partial charge in [0.1, 0.15) is 5.75 Å². The fourth-order valence-corrected chi connectivity index (χ4v) is 3.31. The molecule has 0 spiro atoms. The molecule has 1 aliphatic rings. The van der Waals surface area contributed by atoms with E-state index in [4.69, 9.17) is 16.3 Å². The van der Waals surface area contributed by atoms with E-state index in [0.717, 1.165) is 31.2 Å². The Labute approximate surface area is 159 Å². The second kappa shape index (κ2) is 8.90. The van der Waals surface area contributed by atoms with Crippen molar-refractivity contribution < 1.29 is 9.53 Å². The lowest BCUT2D eigenvalue weighted by molar-refractivity contribution is -0.124. The van der Waals surface area contributed by atoms with Crippen molar-refractivity contribution in [1.82, 2.24) is 10.4 Å². The van der Waals surface area contributed by atoms with E-state index in [1.165, 1.54) is 12.8 Å². The van der Waals surface area contributed by atoms with Gasteiger partial charge in [0.2, 0.25) is 5.91 Å². The number of amides is 1. The van der Waals surface area contributed by atoms with Gasteiger partial charge in [-0.1, -0.05) is 43.4 Å². The van der Waals surface area contributed by atoms with Gasteiger partial charge in [-0.05, 0) is 44.0 Å². The molecule has 1 fully saturated rings. The first-order chi connectivity index (χ1) is 12.6. The van der Waals surface area contributed by atoms with Crippen molar-refractivity contribution in [3.05, 3.63) is 47.1 Å². The molecule has 1 aliphatic carbocycles. The Morgan fingerprint density at radius 1 is 1.12 bits per heavy atom. The number of aromatic nitrogens is 1. The van der Waals surface area contributed by atoms with Crippen LogP contribution in [0.5, 0.6) is 11.5 Å². The van der Waals surface area contributed by atoms with E-state index in [2.05, 4.69) is 15.8 Å². The molecule has 2 aromatic rings. The maximum Gasteiger partial charge on any atom is 0.241 e. The fraction of sp³-hybridized carbons (Fsp3) is 0.400. The molecule has 0 saturated heterocycles. The van der Waals surface area contributed by atoms with E-state index in [1.807, 2.05) is 25.1 Å². The molecule has 0 aliphatic heterocycles. The van der Waals surface area contributed by atoms with Gasteiger partial charge < -0.3 is 4.74 Å². The number of ether oxygens (including phenoxy) is 1. The van der Waals surface area contributed by atoms with Crippen LogP contribution < -0.4 is 15.6 Å². The summed E-state index contributed by atoms with van der Waals surface area (Å²) in [5.74, 6) is 1.73. The molecular weight excluding hydrogens is 350 g/mol. The molecule has 0 unspecified atom stereocenters. The van der Waals surface area contributed by atoms with Gasteiger partial charge in [-0.15, -0.1) is 0 Å². The number of carbonyl (C=O) groups is 1. The number of pyridine rings is 1. The van der Waals surface area contributed by atoms with Crippen LogP contribution in [0.3, 0.4) is 0 Å². The lowest BCUT2D eigenvalue weighted by atomic mass is 10.00. The quantitative estimate of drug-likeness (QED) is 0.555. The van der Waals surface area contributed by atoms with Gasteiger partial charge in [0.25, 0.3) is 0 Å². The zero-order chi connectivity index (χ0) is 18.4. The Morgan fingerprint density at radius 3 is 2.62 bits per heavy atom. The summed E-state index contributed by atoms with van der Waals surface area (Å²) in [6, 6.07) is 9.09. The molecule has 2 N–H and O–H groups in total. The zero-order valence-corrected chi connectivity index (χ0v) is 15.7. The van der Waals surface area contributed by atoms with Crippen molar-refractivity contribution in [2.75, 3.05) is 5.43 Å². The molecule has 1 heterocycles. The van der Waals surface area contributed by atoms with Crippen molar-refractivity contribution in [3.63, 3.8) is 0 Å². The summed E-state index contributed by atoms with van der Waals surface area (Å²) in [7, 11) is 0. The first kappa shape index (κ1) is 18.5. The smallest absolute Gasteiger partial charge is 0.241 e. The summed E-state index contributed by atoms with van der Waals surface area (Å²) in [6.45, 7) is 1.90. The highest BCUT2D eigenvalue weighted by Crippen LogP contribution is 2.32. The molecule has 1 aromatic heterocycles. The first-order valence-corrected chi connectivity index (χ1v) is 9.47. The SMILES string of the molecule is Cc1c(Cl)cccc1Oc1cccnc1NNC(=O)C1CCCCCC1. The van der Waals surface area contributed by atoms with Crippen LogP contribution in [0.2, 0.25) is 5.02 Å². The van der Waals surface area contributed by atoms with E-state index in [9.17, 15) is 4.79 Å². The minimum absolute atomic E-state index is 0.0161. The fourth-order valence-electron chi connectivity index (χ4n) is 3.15. The number of anilines is 1. The van der Waals surface area contributed by atoms with E-state index >= 15 is 0 Å². The van der Waals surface area contributed by atoms with Crippen LogP contribution in [-0.4, -0.2) is 10.9 Å². The van der Waals surface area contributed by atoms with Crippen LogP contribution in [0.4, 0.5) is 5.82 Å². The average Bonchev–Trinajstić information content (AvgIpc) is 2.94. The highest BCUT2D eigenvalue weighted by atomic mass is 35.5. The average molecular weight is 374 g/mol. The largest absolute Gasteiger partial charge is 0.453 e. The number of rotatable bonds is 5. The standard InChI is InChI=1S/C20H24ClN3O2/c1-14-16(21)10-6-11-17(14)26-18-12-7-13-22-19(18)23-24-20(25)15-8-4-2-3-5-9-15/h6-7,10-13,15H,2-5,8-9H2,1H3,(H,22,23)(H,24,25). The van der Waals surface area contributed by atoms with Gasteiger partial charge in [0.05, 0.1) is 0 Å². The normalized spacial score (nSPS) is 15.2. The summed E-state index contributed by atoms with van der Waals surface area (Å²) in [4.78, 5) is 16.7. The molecule has 1 aromatic carbocycles. The number of hydrogen-bond acceptors (Lipinski definition) is 4. The maximum absolute atomic E-state index is 12.4. The monoisotopic (exact) mass is 373 g/mol. The third kappa shape index (κ3) is 4.67. The van der Waals surface area contributed by atoms with Crippen LogP contribution >= 0.6 is 11.6 Å². The molecule has 1 amide bonds. The maximum atomic E-state index is 12.4. The molecule has 5 nitrogen and oxygen atoms in total. The molecule has 0 radical (unpaired) electrons. The topological polar surface area (TPSA) is 63.2 Å². The summed E-state index contributed by atoms with van der Waals surface area (Å²) in [6.07, 6.45) is 8.20. The Balaban J connectivity index is 1.67. The number of nitrogens with one attached hydrogen (secondary N) is 2. The summed E-state index contributed by atoms with van der Waals surface area (Å²) in [5, 5.41) is 0.641. The van der Waals surface area contributed by atoms with Gasteiger partial charge in [-0.3, -0.25) is 15.6 Å². The molecule has 0 atom stereocenters. The number of benzene rings is 1. The van der Waals surface area contributed by atoms with E-state index in [0.29, 0.717) is 22.3 Å². The molecule has 3 rings (SSSR count). The molecule has 138 valence electrons. The van der Waals surface area contributed by atoms with Crippen LogP contribution in [-0.2, 0) is 4.79 Å². The summed E-state index contributed by atoms with van der Waals surface area (Å²) >= 11 is 6.15. The molecule has 0 bridgehead atoms. The summed E-state index contributed by atoms with van der Waals surface area (Å²) in [5.41, 5.74) is 6.56. The Kier molecular flexibility index (Phi) is 6.34. The third-order valence-corrected chi connectivity index (χ3v) is 5.15. The zero-order valence-electron chi connectivity index (χ0n) is 14.9. The number of nitrogens with zero attached hydrogens (tertiary/aromatic N) is 1. The number of halogens is 1. The van der Waals surface area contributed by atoms with Crippen LogP contribution in [0.25, 0.3) is 0 Å². The van der Waals surface area contributed by atoms with E-state index in [-0.39, 0.29) is 11.8 Å².